The first-order valence-electron chi connectivity index (χ1n) is 5.89. The molecule has 1 aliphatic rings. The normalized spacial score (nSPS) is 19.2. The number of ether oxygens (including phenoxy) is 1. The highest BCUT2D eigenvalue weighted by Crippen LogP contribution is 2.33. The Morgan fingerprint density at radius 2 is 2.25 bits per heavy atom. The summed E-state index contributed by atoms with van der Waals surface area (Å²) in [5.41, 5.74) is 2.79. The Bertz CT molecular complexity index is 371. The van der Waals surface area contributed by atoms with Crippen LogP contribution < -0.4 is 0 Å². The fourth-order valence-corrected chi connectivity index (χ4v) is 2.56. The first-order chi connectivity index (χ1) is 7.81. The summed E-state index contributed by atoms with van der Waals surface area (Å²) in [6, 6.07) is 8.50. The van der Waals surface area contributed by atoms with Gasteiger partial charge in [-0.15, -0.1) is 0 Å². The van der Waals surface area contributed by atoms with Crippen molar-refractivity contribution in [2.24, 2.45) is 0 Å². The molecule has 1 aliphatic carbocycles. The van der Waals surface area contributed by atoms with Crippen LogP contribution in [0.4, 0.5) is 0 Å². The molecule has 0 radical (unpaired) electrons. The number of ketones is 1. The highest BCUT2D eigenvalue weighted by molar-refractivity contribution is 5.80. The second kappa shape index (κ2) is 5.26. The van der Waals surface area contributed by atoms with Crippen molar-refractivity contribution in [2.75, 3.05) is 13.7 Å². The van der Waals surface area contributed by atoms with Crippen molar-refractivity contribution in [1.29, 1.82) is 0 Å². The fraction of sp³-hybridized carbons (Fsp3) is 0.500. The largest absolute Gasteiger partial charge is 0.377 e. The number of carbonyl (C=O) groups excluding carboxylic acids is 1. The summed E-state index contributed by atoms with van der Waals surface area (Å²) in [7, 11) is 1.58. The molecule has 0 saturated carbocycles. The van der Waals surface area contributed by atoms with E-state index < -0.39 is 0 Å². The summed E-state index contributed by atoms with van der Waals surface area (Å²) in [5.74, 6) is 0.622. The van der Waals surface area contributed by atoms with E-state index in [2.05, 4.69) is 24.3 Å². The Balaban J connectivity index is 2.10. The molecule has 1 atom stereocenters. The van der Waals surface area contributed by atoms with E-state index in [1.807, 2.05) is 0 Å². The van der Waals surface area contributed by atoms with Crippen LogP contribution in [0.25, 0.3) is 0 Å². The molecule has 2 rings (SSSR count). The zero-order chi connectivity index (χ0) is 11.4. The summed E-state index contributed by atoms with van der Waals surface area (Å²) < 4.78 is 4.88. The van der Waals surface area contributed by atoms with Gasteiger partial charge in [0.25, 0.3) is 0 Å². The molecule has 1 aromatic rings. The summed E-state index contributed by atoms with van der Waals surface area (Å²) in [5, 5.41) is 0. The molecule has 2 nitrogen and oxygen atoms in total. The maximum Gasteiger partial charge on any atom is 0.159 e. The molecule has 0 aromatic heterocycles. The minimum absolute atomic E-state index is 0.212. The summed E-state index contributed by atoms with van der Waals surface area (Å²) in [4.78, 5) is 11.6. The topological polar surface area (TPSA) is 26.3 Å². The van der Waals surface area contributed by atoms with Gasteiger partial charge in [-0.1, -0.05) is 24.3 Å². The number of hydrogen-bond acceptors (Lipinski definition) is 2. The van der Waals surface area contributed by atoms with Crippen molar-refractivity contribution < 1.29 is 9.53 Å². The predicted octanol–water partition coefficient (Wildman–Crippen LogP) is 2.71. The molecule has 0 heterocycles. The van der Waals surface area contributed by atoms with Crippen LogP contribution in [-0.4, -0.2) is 19.5 Å². The first kappa shape index (κ1) is 11.3. The molecular formula is C14H18O2. The van der Waals surface area contributed by atoms with Gasteiger partial charge in [0.05, 0.1) is 0 Å². The van der Waals surface area contributed by atoms with Crippen molar-refractivity contribution in [3.05, 3.63) is 35.4 Å². The molecule has 2 heteroatoms. The molecule has 0 N–H and O–H groups in total. The van der Waals surface area contributed by atoms with Gasteiger partial charge >= 0.3 is 0 Å². The van der Waals surface area contributed by atoms with Gasteiger partial charge in [0.15, 0.2) is 5.78 Å². The zero-order valence-electron chi connectivity index (χ0n) is 9.74. The predicted molar refractivity (Wildman–Crippen MR) is 63.6 cm³/mol. The number of fused-ring (bicyclic) bond motifs is 1. The molecular weight excluding hydrogens is 200 g/mol. The molecule has 0 aliphatic heterocycles. The van der Waals surface area contributed by atoms with Gasteiger partial charge < -0.3 is 4.74 Å². The monoisotopic (exact) mass is 218 g/mol. The average molecular weight is 218 g/mol. The number of methoxy groups -OCH3 is 1. The minimum Gasteiger partial charge on any atom is -0.377 e. The number of benzene rings is 1. The third kappa shape index (κ3) is 2.50. The van der Waals surface area contributed by atoms with E-state index in [-0.39, 0.29) is 12.4 Å². The van der Waals surface area contributed by atoms with Gasteiger partial charge in [-0.3, -0.25) is 4.79 Å². The van der Waals surface area contributed by atoms with Gasteiger partial charge in [-0.25, -0.2) is 0 Å². The van der Waals surface area contributed by atoms with Crippen LogP contribution in [0, 0.1) is 0 Å². The van der Waals surface area contributed by atoms with Crippen LogP contribution in [0.3, 0.4) is 0 Å². The second-order valence-electron chi connectivity index (χ2n) is 4.46. The smallest absolute Gasteiger partial charge is 0.159 e. The minimum atomic E-state index is 0.212. The molecule has 16 heavy (non-hydrogen) atoms. The van der Waals surface area contributed by atoms with Crippen LogP contribution in [0.5, 0.6) is 0 Å². The zero-order valence-corrected chi connectivity index (χ0v) is 9.74. The fourth-order valence-electron chi connectivity index (χ4n) is 2.56. The maximum atomic E-state index is 11.6. The van der Waals surface area contributed by atoms with E-state index in [9.17, 15) is 4.79 Å². The lowest BCUT2D eigenvalue weighted by Crippen LogP contribution is -2.16. The van der Waals surface area contributed by atoms with E-state index in [0.717, 1.165) is 12.8 Å². The van der Waals surface area contributed by atoms with Crippen LogP contribution in [0.2, 0.25) is 0 Å². The van der Waals surface area contributed by atoms with Gasteiger partial charge in [-0.2, -0.15) is 0 Å². The van der Waals surface area contributed by atoms with Crippen LogP contribution in [0.15, 0.2) is 24.3 Å². The molecule has 1 unspecified atom stereocenters. The van der Waals surface area contributed by atoms with Gasteiger partial charge in [0.1, 0.15) is 6.61 Å². The van der Waals surface area contributed by atoms with E-state index in [1.165, 1.54) is 17.5 Å². The first-order valence-corrected chi connectivity index (χ1v) is 5.89. The third-order valence-electron chi connectivity index (χ3n) is 3.27. The Morgan fingerprint density at radius 1 is 1.44 bits per heavy atom. The van der Waals surface area contributed by atoms with Crippen molar-refractivity contribution in [3.63, 3.8) is 0 Å². The van der Waals surface area contributed by atoms with Gasteiger partial charge in [0.2, 0.25) is 0 Å². The highest BCUT2D eigenvalue weighted by Gasteiger charge is 2.21. The molecule has 0 saturated heterocycles. The Morgan fingerprint density at radius 3 is 3.06 bits per heavy atom. The Kier molecular flexibility index (Phi) is 3.73. The third-order valence-corrected chi connectivity index (χ3v) is 3.27. The number of rotatable bonds is 4. The van der Waals surface area contributed by atoms with Crippen LogP contribution in [-0.2, 0) is 16.0 Å². The lowest BCUT2D eigenvalue weighted by molar-refractivity contribution is -0.123. The Hall–Kier alpha value is -1.15. The lowest BCUT2D eigenvalue weighted by Gasteiger charge is -2.24. The SMILES string of the molecule is COCC(=O)CC1CCCc2ccccc21. The molecule has 0 amide bonds. The van der Waals surface area contributed by atoms with Crippen molar-refractivity contribution in [2.45, 2.75) is 31.6 Å². The van der Waals surface area contributed by atoms with Crippen molar-refractivity contribution in [1.82, 2.24) is 0 Å². The highest BCUT2D eigenvalue weighted by atomic mass is 16.5. The molecule has 0 spiro atoms. The average Bonchev–Trinajstić information content (AvgIpc) is 2.30. The number of carbonyl (C=O) groups is 1. The van der Waals surface area contributed by atoms with Crippen LogP contribution >= 0.6 is 0 Å². The molecule has 0 fully saturated rings. The Labute approximate surface area is 96.6 Å². The standard InChI is InChI=1S/C14H18O2/c1-16-10-13(15)9-12-7-4-6-11-5-2-3-8-14(11)12/h2-3,5,8,12H,4,6-7,9-10H2,1H3. The second-order valence-corrected chi connectivity index (χ2v) is 4.46. The quantitative estimate of drug-likeness (QED) is 0.776. The van der Waals surface area contributed by atoms with Crippen molar-refractivity contribution in [3.8, 4) is 0 Å². The maximum absolute atomic E-state index is 11.6. The number of aryl methyl sites for hydroxylation is 1. The number of hydrogen-bond donors (Lipinski definition) is 0. The van der Waals surface area contributed by atoms with Gasteiger partial charge in [0, 0.05) is 13.5 Å². The summed E-state index contributed by atoms with van der Waals surface area (Å²) in [6.07, 6.45) is 4.12. The summed E-state index contributed by atoms with van der Waals surface area (Å²) in [6.45, 7) is 0.249. The van der Waals surface area contributed by atoms with E-state index in [0.29, 0.717) is 12.3 Å². The van der Waals surface area contributed by atoms with Gasteiger partial charge in [-0.05, 0) is 36.3 Å². The summed E-state index contributed by atoms with van der Waals surface area (Å²) >= 11 is 0. The molecule has 0 bridgehead atoms. The van der Waals surface area contributed by atoms with E-state index >= 15 is 0 Å². The molecule has 86 valence electrons. The van der Waals surface area contributed by atoms with Crippen LogP contribution in [0.1, 0.15) is 36.3 Å². The lowest BCUT2D eigenvalue weighted by atomic mass is 9.80. The number of Topliss-reactive ketones (excluding diaryl/α,β-unsaturated/α-hetero) is 1. The van der Waals surface area contributed by atoms with E-state index in [1.54, 1.807) is 7.11 Å². The van der Waals surface area contributed by atoms with Crippen molar-refractivity contribution >= 4 is 5.78 Å². The van der Waals surface area contributed by atoms with E-state index in [4.69, 9.17) is 4.74 Å². The molecule has 1 aromatic carbocycles.